The minimum Gasteiger partial charge on any atom is -0.294 e. The van der Waals surface area contributed by atoms with Crippen LogP contribution in [0.3, 0.4) is 0 Å². The molecule has 0 spiro atoms. The zero-order valence-corrected chi connectivity index (χ0v) is 8.98. The second kappa shape index (κ2) is 5.36. The molecule has 0 heterocycles. The molecule has 0 saturated heterocycles. The summed E-state index contributed by atoms with van der Waals surface area (Å²) in [5.74, 6) is 0.699. The molecular formula is C10H17ClO. The third kappa shape index (κ3) is 3.91. The minimum absolute atomic E-state index is 0.0498. The first-order chi connectivity index (χ1) is 5.49. The topological polar surface area (TPSA) is 17.1 Å². The fraction of sp³-hybridized carbons (Fsp3) is 0.700. The Morgan fingerprint density at radius 3 is 2.08 bits per heavy atom. The molecule has 12 heavy (non-hydrogen) atoms. The normalized spacial score (nSPS) is 12.8. The zero-order chi connectivity index (χ0) is 9.72. The van der Waals surface area contributed by atoms with Crippen LogP contribution in [0.5, 0.6) is 0 Å². The molecule has 0 rings (SSSR count). The van der Waals surface area contributed by atoms with Gasteiger partial charge in [-0.3, -0.25) is 4.79 Å². The number of halogens is 1. The van der Waals surface area contributed by atoms with Crippen molar-refractivity contribution in [3.8, 4) is 0 Å². The molecule has 0 N–H and O–H groups in total. The summed E-state index contributed by atoms with van der Waals surface area (Å²) >= 11 is 5.57. The fourth-order valence-corrected chi connectivity index (χ4v) is 1.21. The Morgan fingerprint density at radius 1 is 1.33 bits per heavy atom. The maximum Gasteiger partial charge on any atom is 0.162 e. The summed E-state index contributed by atoms with van der Waals surface area (Å²) in [6.07, 6.45) is 0.778. The van der Waals surface area contributed by atoms with Crippen LogP contribution in [0.25, 0.3) is 0 Å². The maximum atomic E-state index is 11.5. The van der Waals surface area contributed by atoms with Crippen LogP contribution in [0.15, 0.2) is 11.1 Å². The summed E-state index contributed by atoms with van der Waals surface area (Å²) in [5.41, 5.74) is 2.17. The Bertz CT molecular complexity index is 180. The number of carbonyl (C=O) groups is 1. The van der Waals surface area contributed by atoms with Gasteiger partial charge in [0.05, 0.1) is 0 Å². The average molecular weight is 189 g/mol. The van der Waals surface area contributed by atoms with Crippen molar-refractivity contribution in [2.75, 3.05) is 0 Å². The summed E-state index contributed by atoms with van der Waals surface area (Å²) in [4.78, 5) is 11.5. The lowest BCUT2D eigenvalue weighted by Gasteiger charge is -2.09. The SMILES string of the molecule is CC(C)CC(=CCl)C(=O)C(C)C. The molecule has 0 unspecified atom stereocenters. The van der Waals surface area contributed by atoms with E-state index in [0.29, 0.717) is 5.92 Å². The molecule has 0 aliphatic heterocycles. The van der Waals surface area contributed by atoms with Gasteiger partial charge in [-0.25, -0.2) is 0 Å². The van der Waals surface area contributed by atoms with Crippen molar-refractivity contribution >= 4 is 17.4 Å². The molecule has 70 valence electrons. The van der Waals surface area contributed by atoms with E-state index in [1.807, 2.05) is 13.8 Å². The monoisotopic (exact) mass is 188 g/mol. The van der Waals surface area contributed by atoms with Gasteiger partial charge < -0.3 is 0 Å². The van der Waals surface area contributed by atoms with Crippen LogP contribution in [0, 0.1) is 11.8 Å². The van der Waals surface area contributed by atoms with E-state index in [0.717, 1.165) is 12.0 Å². The number of hydrogen-bond acceptors (Lipinski definition) is 1. The quantitative estimate of drug-likeness (QED) is 0.619. The van der Waals surface area contributed by atoms with Gasteiger partial charge in [-0.1, -0.05) is 39.3 Å². The van der Waals surface area contributed by atoms with Crippen molar-refractivity contribution in [1.82, 2.24) is 0 Å². The fourth-order valence-electron chi connectivity index (χ4n) is 1.01. The van der Waals surface area contributed by atoms with E-state index in [1.54, 1.807) is 0 Å². The van der Waals surface area contributed by atoms with Crippen molar-refractivity contribution in [2.45, 2.75) is 34.1 Å². The van der Waals surface area contributed by atoms with E-state index in [2.05, 4.69) is 13.8 Å². The van der Waals surface area contributed by atoms with Gasteiger partial charge in [0.25, 0.3) is 0 Å². The minimum atomic E-state index is 0.0498. The number of allylic oxidation sites excluding steroid dienone is 1. The van der Waals surface area contributed by atoms with E-state index < -0.39 is 0 Å². The molecule has 0 aliphatic rings. The molecule has 0 aromatic heterocycles. The standard InChI is InChI=1S/C10H17ClO/c1-7(2)5-9(6-11)10(12)8(3)4/h6-8H,5H2,1-4H3. The molecule has 0 bridgehead atoms. The summed E-state index contributed by atoms with van der Waals surface area (Å²) < 4.78 is 0. The van der Waals surface area contributed by atoms with Crippen molar-refractivity contribution in [1.29, 1.82) is 0 Å². The highest BCUT2D eigenvalue weighted by atomic mass is 35.5. The van der Waals surface area contributed by atoms with Crippen LogP contribution >= 0.6 is 11.6 Å². The Balaban J connectivity index is 4.28. The van der Waals surface area contributed by atoms with Crippen molar-refractivity contribution in [3.05, 3.63) is 11.1 Å². The number of ketones is 1. The summed E-state index contributed by atoms with van der Waals surface area (Å²) in [7, 11) is 0. The molecule has 0 aliphatic carbocycles. The van der Waals surface area contributed by atoms with Crippen molar-refractivity contribution < 1.29 is 4.79 Å². The van der Waals surface area contributed by atoms with Gasteiger partial charge in [0.2, 0.25) is 0 Å². The Labute approximate surface area is 79.8 Å². The lowest BCUT2D eigenvalue weighted by Crippen LogP contribution is -2.11. The molecule has 0 aromatic carbocycles. The first kappa shape index (κ1) is 11.7. The van der Waals surface area contributed by atoms with Crippen LogP contribution in [0.2, 0.25) is 0 Å². The van der Waals surface area contributed by atoms with E-state index in [4.69, 9.17) is 11.6 Å². The lowest BCUT2D eigenvalue weighted by atomic mass is 9.95. The number of Topliss-reactive ketones (excluding diaryl/α,β-unsaturated/α-hetero) is 1. The highest BCUT2D eigenvalue weighted by molar-refractivity contribution is 6.27. The molecule has 2 heteroatoms. The third-order valence-corrected chi connectivity index (χ3v) is 1.86. The smallest absolute Gasteiger partial charge is 0.162 e. The largest absolute Gasteiger partial charge is 0.294 e. The number of hydrogen-bond donors (Lipinski definition) is 0. The summed E-state index contributed by atoms with van der Waals surface area (Å²) in [6.45, 7) is 7.94. The molecule has 0 atom stereocenters. The van der Waals surface area contributed by atoms with Crippen molar-refractivity contribution in [2.24, 2.45) is 11.8 Å². The van der Waals surface area contributed by atoms with Gasteiger partial charge in [0, 0.05) is 17.0 Å². The van der Waals surface area contributed by atoms with Gasteiger partial charge in [-0.15, -0.1) is 0 Å². The van der Waals surface area contributed by atoms with Crippen LogP contribution < -0.4 is 0 Å². The van der Waals surface area contributed by atoms with Gasteiger partial charge in [-0.05, 0) is 12.3 Å². The third-order valence-electron chi connectivity index (χ3n) is 1.60. The van der Waals surface area contributed by atoms with E-state index >= 15 is 0 Å². The molecule has 0 fully saturated rings. The predicted molar refractivity (Wildman–Crippen MR) is 53.2 cm³/mol. The van der Waals surface area contributed by atoms with Gasteiger partial charge >= 0.3 is 0 Å². The summed E-state index contributed by atoms with van der Waals surface area (Å²) in [5, 5.41) is 0. The predicted octanol–water partition coefficient (Wildman–Crippen LogP) is 3.38. The summed E-state index contributed by atoms with van der Waals surface area (Å²) in [6, 6.07) is 0. The molecular weight excluding hydrogens is 172 g/mol. The highest BCUT2D eigenvalue weighted by Gasteiger charge is 2.13. The van der Waals surface area contributed by atoms with Crippen molar-refractivity contribution in [3.63, 3.8) is 0 Å². The van der Waals surface area contributed by atoms with E-state index in [-0.39, 0.29) is 11.7 Å². The highest BCUT2D eigenvalue weighted by Crippen LogP contribution is 2.16. The first-order valence-corrected chi connectivity index (χ1v) is 4.76. The first-order valence-electron chi connectivity index (χ1n) is 4.32. The van der Waals surface area contributed by atoms with E-state index in [1.165, 1.54) is 5.54 Å². The number of carbonyl (C=O) groups excluding carboxylic acids is 1. The van der Waals surface area contributed by atoms with Gasteiger partial charge in [-0.2, -0.15) is 0 Å². The second-order valence-corrected chi connectivity index (χ2v) is 3.97. The molecule has 0 saturated carbocycles. The Morgan fingerprint density at radius 2 is 1.83 bits per heavy atom. The Kier molecular flexibility index (Phi) is 5.23. The lowest BCUT2D eigenvalue weighted by molar-refractivity contribution is -0.118. The number of rotatable bonds is 4. The average Bonchev–Trinajstić information content (AvgIpc) is 1.98. The maximum absolute atomic E-state index is 11.5. The zero-order valence-electron chi connectivity index (χ0n) is 8.23. The van der Waals surface area contributed by atoms with Crippen LogP contribution in [-0.4, -0.2) is 5.78 Å². The van der Waals surface area contributed by atoms with Gasteiger partial charge in [0.1, 0.15) is 0 Å². The Hall–Kier alpha value is -0.300. The molecule has 0 amide bonds. The molecule has 1 nitrogen and oxygen atoms in total. The second-order valence-electron chi connectivity index (χ2n) is 3.75. The van der Waals surface area contributed by atoms with Gasteiger partial charge in [0.15, 0.2) is 5.78 Å². The molecule has 0 aromatic rings. The van der Waals surface area contributed by atoms with Crippen LogP contribution in [-0.2, 0) is 4.79 Å². The van der Waals surface area contributed by atoms with E-state index in [9.17, 15) is 4.79 Å². The van der Waals surface area contributed by atoms with Crippen LogP contribution in [0.4, 0.5) is 0 Å². The van der Waals surface area contributed by atoms with Crippen LogP contribution in [0.1, 0.15) is 34.1 Å². The molecule has 0 radical (unpaired) electrons.